The second-order valence-electron chi connectivity index (χ2n) is 6.76. The van der Waals surface area contributed by atoms with Gasteiger partial charge in [-0.3, -0.25) is 4.98 Å². The molecular weight excluding hydrogens is 368 g/mol. The van der Waals surface area contributed by atoms with Crippen LogP contribution in [0.25, 0.3) is 17.0 Å². The van der Waals surface area contributed by atoms with Gasteiger partial charge < -0.3 is 9.42 Å². The van der Waals surface area contributed by atoms with Crippen LogP contribution in [0.5, 0.6) is 0 Å². The zero-order valence-corrected chi connectivity index (χ0v) is 16.7. The molecule has 0 bridgehead atoms. The van der Waals surface area contributed by atoms with E-state index in [0.717, 1.165) is 48.8 Å². The molecule has 0 unspecified atom stereocenters. The minimum Gasteiger partial charge on any atom is -0.355 e. The minimum absolute atomic E-state index is 0.558. The lowest BCUT2D eigenvalue weighted by Crippen LogP contribution is -2.25. The van der Waals surface area contributed by atoms with E-state index in [4.69, 9.17) is 9.62 Å². The van der Waals surface area contributed by atoms with Crippen LogP contribution < -0.4 is 4.90 Å². The fourth-order valence-corrected chi connectivity index (χ4v) is 3.13. The number of aryl methyl sites for hydroxylation is 2. The van der Waals surface area contributed by atoms with Gasteiger partial charge in [-0.25, -0.2) is 0 Å². The van der Waals surface area contributed by atoms with E-state index in [1.165, 1.54) is 0 Å². The van der Waals surface area contributed by atoms with Gasteiger partial charge >= 0.3 is 0 Å². The zero-order valence-electron chi connectivity index (χ0n) is 16.7. The summed E-state index contributed by atoms with van der Waals surface area (Å²) >= 11 is 0. The Morgan fingerprint density at radius 2 is 1.90 bits per heavy atom. The van der Waals surface area contributed by atoms with Gasteiger partial charge in [-0.05, 0) is 37.6 Å². The number of nitrogens with zero attached hydrogens (tertiary/aromatic N) is 8. The van der Waals surface area contributed by atoms with Gasteiger partial charge in [-0.15, -0.1) is 15.3 Å². The largest absolute Gasteiger partial charge is 0.355 e. The Morgan fingerprint density at radius 1 is 1.03 bits per heavy atom. The van der Waals surface area contributed by atoms with Crippen molar-refractivity contribution in [3.63, 3.8) is 0 Å². The van der Waals surface area contributed by atoms with Crippen LogP contribution in [0.1, 0.15) is 38.4 Å². The number of hydrogen-bond donors (Lipinski definition) is 0. The quantitative estimate of drug-likeness (QED) is 0.429. The Balaban J connectivity index is 1.49. The molecule has 29 heavy (non-hydrogen) atoms. The van der Waals surface area contributed by atoms with Gasteiger partial charge in [0.25, 0.3) is 0 Å². The number of aromatic nitrogens is 7. The van der Waals surface area contributed by atoms with E-state index in [0.29, 0.717) is 24.6 Å². The van der Waals surface area contributed by atoms with Crippen molar-refractivity contribution in [1.29, 1.82) is 0 Å². The van der Waals surface area contributed by atoms with Crippen LogP contribution in [-0.2, 0) is 12.8 Å². The summed E-state index contributed by atoms with van der Waals surface area (Å²) in [7, 11) is 0. The first-order valence-electron chi connectivity index (χ1n) is 9.97. The second kappa shape index (κ2) is 8.76. The van der Waals surface area contributed by atoms with Crippen LogP contribution in [0.3, 0.4) is 0 Å². The number of fused-ring (bicyclic) bond motifs is 1. The highest BCUT2D eigenvalue weighted by atomic mass is 16.5. The molecule has 0 aliphatic heterocycles. The van der Waals surface area contributed by atoms with E-state index in [9.17, 15) is 0 Å². The number of anilines is 1. The van der Waals surface area contributed by atoms with Crippen LogP contribution in [-0.4, -0.2) is 48.0 Å². The van der Waals surface area contributed by atoms with Crippen LogP contribution in [0.4, 0.5) is 5.82 Å². The molecule has 0 N–H and O–H groups in total. The lowest BCUT2D eigenvalue weighted by Gasteiger charge is -2.21. The molecule has 0 atom stereocenters. The first-order chi connectivity index (χ1) is 14.3. The molecule has 4 aromatic rings. The van der Waals surface area contributed by atoms with E-state index in [-0.39, 0.29) is 0 Å². The summed E-state index contributed by atoms with van der Waals surface area (Å²) in [5, 5.41) is 17.3. The van der Waals surface area contributed by atoms with E-state index < -0.39 is 0 Å². The molecule has 0 aliphatic carbocycles. The SMILES string of the molecule is CCCCN(CC)c1ccc2nnc(CCc3nc(-c4ccncc4)no3)n2n1. The third-order valence-corrected chi connectivity index (χ3v) is 4.77. The van der Waals surface area contributed by atoms with Gasteiger partial charge in [0.1, 0.15) is 5.82 Å². The summed E-state index contributed by atoms with van der Waals surface area (Å²) in [6.07, 6.45) is 6.88. The predicted octanol–water partition coefficient (Wildman–Crippen LogP) is 2.98. The Bertz CT molecular complexity index is 1060. The Labute approximate surface area is 168 Å². The molecule has 0 aromatic carbocycles. The van der Waals surface area contributed by atoms with E-state index in [1.54, 1.807) is 12.4 Å². The van der Waals surface area contributed by atoms with Gasteiger partial charge in [-0.2, -0.15) is 9.50 Å². The number of hydrogen-bond acceptors (Lipinski definition) is 8. The monoisotopic (exact) mass is 392 g/mol. The Kier molecular flexibility index (Phi) is 5.73. The third kappa shape index (κ3) is 4.23. The molecule has 0 spiro atoms. The van der Waals surface area contributed by atoms with Crippen LogP contribution >= 0.6 is 0 Å². The molecule has 0 amide bonds. The third-order valence-electron chi connectivity index (χ3n) is 4.77. The number of unbranched alkanes of at least 4 members (excludes halogenated alkanes) is 1. The highest BCUT2D eigenvalue weighted by molar-refractivity contribution is 5.52. The van der Waals surface area contributed by atoms with Crippen molar-refractivity contribution in [2.45, 2.75) is 39.5 Å². The first kappa shape index (κ1) is 19.0. The standard InChI is InChI=1S/C20H24N8O/c1-3-5-14-27(4-2)18-7-6-16-23-24-17(28(16)25-18)8-9-19-22-20(26-29-19)15-10-12-21-13-11-15/h6-7,10-13H,3-5,8-9,14H2,1-2H3. The van der Waals surface area contributed by atoms with Gasteiger partial charge in [0.05, 0.1) is 0 Å². The van der Waals surface area contributed by atoms with Crippen molar-refractivity contribution in [2.24, 2.45) is 0 Å². The van der Waals surface area contributed by atoms with Crippen molar-refractivity contribution >= 4 is 11.5 Å². The van der Waals surface area contributed by atoms with Crippen LogP contribution in [0.2, 0.25) is 0 Å². The number of rotatable bonds is 9. The smallest absolute Gasteiger partial charge is 0.227 e. The average Bonchev–Trinajstić information content (AvgIpc) is 3.40. The fraction of sp³-hybridized carbons (Fsp3) is 0.400. The molecule has 4 aromatic heterocycles. The summed E-state index contributed by atoms with van der Waals surface area (Å²) in [5.41, 5.74) is 1.61. The predicted molar refractivity (Wildman–Crippen MR) is 109 cm³/mol. The summed E-state index contributed by atoms with van der Waals surface area (Å²) in [6.45, 7) is 6.24. The van der Waals surface area contributed by atoms with E-state index in [2.05, 4.69) is 44.1 Å². The Morgan fingerprint density at radius 3 is 2.69 bits per heavy atom. The van der Waals surface area contributed by atoms with Crippen molar-refractivity contribution in [3.05, 3.63) is 48.4 Å². The lowest BCUT2D eigenvalue weighted by atomic mass is 10.2. The molecule has 0 fully saturated rings. The summed E-state index contributed by atoms with van der Waals surface area (Å²) in [5.74, 6) is 2.83. The Hall–Kier alpha value is -3.36. The molecule has 4 heterocycles. The molecule has 150 valence electrons. The van der Waals surface area contributed by atoms with Gasteiger partial charge in [0.15, 0.2) is 11.5 Å². The molecule has 4 rings (SSSR count). The minimum atomic E-state index is 0.558. The van der Waals surface area contributed by atoms with E-state index in [1.807, 2.05) is 28.8 Å². The van der Waals surface area contributed by atoms with Crippen LogP contribution in [0, 0.1) is 0 Å². The number of pyridine rings is 1. The highest BCUT2D eigenvalue weighted by Crippen LogP contribution is 2.16. The van der Waals surface area contributed by atoms with Crippen molar-refractivity contribution in [3.8, 4) is 11.4 Å². The molecular formula is C20H24N8O. The van der Waals surface area contributed by atoms with Crippen molar-refractivity contribution in [1.82, 2.24) is 34.9 Å². The summed E-state index contributed by atoms with van der Waals surface area (Å²) in [4.78, 5) is 10.7. The van der Waals surface area contributed by atoms with Gasteiger partial charge in [0, 0.05) is 43.9 Å². The maximum Gasteiger partial charge on any atom is 0.227 e. The topological polar surface area (TPSA) is 98.1 Å². The second-order valence-corrected chi connectivity index (χ2v) is 6.76. The molecule has 0 aliphatic rings. The van der Waals surface area contributed by atoms with Gasteiger partial charge in [0.2, 0.25) is 11.7 Å². The van der Waals surface area contributed by atoms with Crippen LogP contribution in [0.15, 0.2) is 41.2 Å². The van der Waals surface area contributed by atoms with Gasteiger partial charge in [-0.1, -0.05) is 18.5 Å². The van der Waals surface area contributed by atoms with E-state index >= 15 is 0 Å². The molecule has 9 nitrogen and oxygen atoms in total. The lowest BCUT2D eigenvalue weighted by molar-refractivity contribution is 0.377. The first-order valence-corrected chi connectivity index (χ1v) is 9.97. The summed E-state index contributed by atoms with van der Waals surface area (Å²) < 4.78 is 7.20. The van der Waals surface area contributed by atoms with Crippen molar-refractivity contribution in [2.75, 3.05) is 18.0 Å². The molecule has 9 heteroatoms. The maximum atomic E-state index is 5.39. The fourth-order valence-electron chi connectivity index (χ4n) is 3.13. The zero-order chi connectivity index (χ0) is 20.1. The molecule has 0 saturated carbocycles. The highest BCUT2D eigenvalue weighted by Gasteiger charge is 2.14. The molecule has 0 radical (unpaired) electrons. The average molecular weight is 392 g/mol. The maximum absolute atomic E-state index is 5.39. The summed E-state index contributed by atoms with van der Waals surface area (Å²) in [6, 6.07) is 7.67. The van der Waals surface area contributed by atoms with Crippen molar-refractivity contribution < 1.29 is 4.52 Å². The molecule has 0 saturated heterocycles. The normalized spacial score (nSPS) is 11.2.